The number of ketones is 2. The molecule has 29 heavy (non-hydrogen) atoms. The number of aliphatic imine (C=N–C) groups is 1. The number of carbonyl (C=O) groups excluding carboxylic acids is 2. The lowest BCUT2D eigenvalue weighted by atomic mass is 9.72. The smallest absolute Gasteiger partial charge is 0.192 e. The molecule has 1 unspecified atom stereocenters. The number of aryl methyl sites for hydroxylation is 1. The van der Waals surface area contributed by atoms with Gasteiger partial charge in [-0.25, -0.2) is 4.99 Å². The second-order valence-electron chi connectivity index (χ2n) is 7.23. The number of carbonyl (C=O) groups is 2. The van der Waals surface area contributed by atoms with Gasteiger partial charge in [-0.1, -0.05) is 30.3 Å². The molecule has 0 saturated carbocycles. The van der Waals surface area contributed by atoms with Gasteiger partial charge in [0.05, 0.1) is 18.2 Å². The van der Waals surface area contributed by atoms with Gasteiger partial charge < -0.3 is 15.2 Å². The molecule has 0 amide bonds. The van der Waals surface area contributed by atoms with E-state index in [1.54, 1.807) is 30.3 Å². The number of fused-ring (bicyclic) bond motifs is 5. The van der Waals surface area contributed by atoms with Crippen LogP contribution < -0.4 is 10.1 Å². The molecular formula is C23H18N2O4. The summed E-state index contributed by atoms with van der Waals surface area (Å²) >= 11 is 0. The Morgan fingerprint density at radius 3 is 2.72 bits per heavy atom. The minimum absolute atomic E-state index is 0.104. The molecule has 0 radical (unpaired) electrons. The highest BCUT2D eigenvalue weighted by Crippen LogP contribution is 2.43. The largest absolute Gasteiger partial charge is 0.453 e. The van der Waals surface area contributed by atoms with Crippen molar-refractivity contribution in [1.82, 2.24) is 5.32 Å². The molecule has 2 aliphatic carbocycles. The van der Waals surface area contributed by atoms with Gasteiger partial charge in [0.2, 0.25) is 0 Å². The van der Waals surface area contributed by atoms with Crippen molar-refractivity contribution in [2.24, 2.45) is 10.9 Å². The molecule has 1 aliphatic heterocycles. The first-order valence-electron chi connectivity index (χ1n) is 9.44. The monoisotopic (exact) mass is 386 g/mol. The number of nitrogens with zero attached hydrogens (tertiary/aromatic N) is 1. The molecule has 6 heteroatoms. The molecule has 2 N–H and O–H groups in total. The fourth-order valence-electron chi connectivity index (χ4n) is 4.00. The second kappa shape index (κ2) is 6.53. The zero-order chi connectivity index (χ0) is 20.1. The Hall–Kier alpha value is -3.51. The molecule has 6 nitrogen and oxygen atoms in total. The third kappa shape index (κ3) is 2.64. The molecule has 2 aromatic rings. The summed E-state index contributed by atoms with van der Waals surface area (Å²) in [6.07, 6.45) is 1.70. The van der Waals surface area contributed by atoms with E-state index in [2.05, 4.69) is 5.32 Å². The lowest BCUT2D eigenvalue weighted by Gasteiger charge is -2.34. The van der Waals surface area contributed by atoms with Crippen molar-refractivity contribution in [1.29, 1.82) is 0 Å². The van der Waals surface area contributed by atoms with E-state index < -0.39 is 5.92 Å². The standard InChI is InChI=1S/C23H18N2O4/c1-12-6-7-15-17(10-12)29-18-11-16(24-8-9-26)19-20(21(18)25-15)23(28)14-5-3-2-4-13(14)22(19)27/h2-7,10-11,20,24,26H,8-9H2,1H3. The van der Waals surface area contributed by atoms with Crippen molar-refractivity contribution in [3.63, 3.8) is 0 Å². The van der Waals surface area contributed by atoms with E-state index >= 15 is 0 Å². The molecule has 0 aromatic heterocycles. The number of nitrogens with one attached hydrogen (secondary N) is 1. The van der Waals surface area contributed by atoms with Crippen molar-refractivity contribution >= 4 is 23.0 Å². The maximum absolute atomic E-state index is 13.4. The predicted octanol–water partition coefficient (Wildman–Crippen LogP) is 2.89. The summed E-state index contributed by atoms with van der Waals surface area (Å²) in [4.78, 5) is 31.4. The lowest BCUT2D eigenvalue weighted by molar-refractivity contribution is 0.0908. The Labute approximate surface area is 167 Å². The van der Waals surface area contributed by atoms with Crippen LogP contribution in [0.5, 0.6) is 5.75 Å². The Morgan fingerprint density at radius 2 is 1.93 bits per heavy atom. The highest BCUT2D eigenvalue weighted by molar-refractivity contribution is 6.33. The van der Waals surface area contributed by atoms with Gasteiger partial charge in [-0.3, -0.25) is 9.59 Å². The number of ether oxygens (including phenoxy) is 1. The molecule has 3 aliphatic rings. The SMILES string of the molecule is Cc1ccc2c(c1)OC1=CC(NCCO)=C3C(=O)c4ccccc4C(=O)C3C1=N2. The topological polar surface area (TPSA) is 88.0 Å². The number of Topliss-reactive ketones (excluding diaryl/α,β-unsaturated/α-hetero) is 2. The summed E-state index contributed by atoms with van der Waals surface area (Å²) in [5.74, 6) is -0.175. The minimum Gasteiger partial charge on any atom is -0.453 e. The fraction of sp³-hybridized carbons (Fsp3) is 0.174. The normalized spacial score (nSPS) is 19.3. The molecule has 0 saturated heterocycles. The quantitative estimate of drug-likeness (QED) is 0.847. The lowest BCUT2D eigenvalue weighted by Crippen LogP contribution is -2.42. The van der Waals surface area contributed by atoms with Crippen molar-refractivity contribution in [2.75, 3.05) is 13.2 Å². The van der Waals surface area contributed by atoms with Crippen LogP contribution in [0.4, 0.5) is 5.69 Å². The van der Waals surface area contributed by atoms with Crippen molar-refractivity contribution in [2.45, 2.75) is 6.92 Å². The first-order chi connectivity index (χ1) is 14.1. The number of benzene rings is 2. The number of aliphatic hydroxyl groups excluding tert-OH is 1. The number of rotatable bonds is 3. The van der Waals surface area contributed by atoms with Crippen LogP contribution in [0.15, 0.2) is 70.6 Å². The van der Waals surface area contributed by atoms with Crippen LogP contribution in [0.3, 0.4) is 0 Å². The molecule has 1 atom stereocenters. The Balaban J connectivity index is 1.73. The molecule has 5 rings (SSSR count). The molecule has 0 fully saturated rings. The Morgan fingerprint density at radius 1 is 1.14 bits per heavy atom. The van der Waals surface area contributed by atoms with Crippen LogP contribution in [0.25, 0.3) is 0 Å². The van der Waals surface area contributed by atoms with Crippen LogP contribution in [0.2, 0.25) is 0 Å². The number of allylic oxidation sites excluding steroid dienone is 3. The average Bonchev–Trinajstić information content (AvgIpc) is 2.73. The third-order valence-electron chi connectivity index (χ3n) is 5.33. The fourth-order valence-corrected chi connectivity index (χ4v) is 4.00. The first kappa shape index (κ1) is 17.6. The maximum atomic E-state index is 13.4. The summed E-state index contributed by atoms with van der Waals surface area (Å²) in [5, 5.41) is 12.3. The maximum Gasteiger partial charge on any atom is 0.192 e. The summed E-state index contributed by atoms with van der Waals surface area (Å²) < 4.78 is 6.08. The highest BCUT2D eigenvalue weighted by atomic mass is 16.5. The average molecular weight is 386 g/mol. The Bertz CT molecular complexity index is 1170. The van der Waals surface area contributed by atoms with Gasteiger partial charge in [0, 0.05) is 35.0 Å². The predicted molar refractivity (Wildman–Crippen MR) is 108 cm³/mol. The molecule has 0 spiro atoms. The van der Waals surface area contributed by atoms with E-state index in [-0.39, 0.29) is 24.7 Å². The summed E-state index contributed by atoms with van der Waals surface area (Å²) in [6, 6.07) is 12.5. The van der Waals surface area contributed by atoms with Crippen LogP contribution >= 0.6 is 0 Å². The number of hydrogen-bond acceptors (Lipinski definition) is 6. The molecule has 2 aromatic carbocycles. The molecule has 1 heterocycles. The Kier molecular flexibility index (Phi) is 3.96. The van der Waals surface area contributed by atoms with Gasteiger partial charge in [-0.05, 0) is 24.6 Å². The second-order valence-corrected chi connectivity index (χ2v) is 7.23. The van der Waals surface area contributed by atoms with Crippen LogP contribution in [-0.2, 0) is 0 Å². The van der Waals surface area contributed by atoms with E-state index in [1.807, 2.05) is 25.1 Å². The van der Waals surface area contributed by atoms with Gasteiger partial charge in [0.1, 0.15) is 5.69 Å². The van der Waals surface area contributed by atoms with Gasteiger partial charge in [0.15, 0.2) is 23.1 Å². The van der Waals surface area contributed by atoms with Crippen LogP contribution in [0, 0.1) is 12.8 Å². The highest BCUT2D eigenvalue weighted by Gasteiger charge is 2.46. The van der Waals surface area contributed by atoms with Gasteiger partial charge in [-0.2, -0.15) is 0 Å². The number of aliphatic hydroxyl groups is 1. The third-order valence-corrected chi connectivity index (χ3v) is 5.33. The zero-order valence-electron chi connectivity index (χ0n) is 15.7. The summed E-state index contributed by atoms with van der Waals surface area (Å²) in [6.45, 7) is 2.11. The van der Waals surface area contributed by atoms with Gasteiger partial charge in [0.25, 0.3) is 0 Å². The molecular weight excluding hydrogens is 368 g/mol. The van der Waals surface area contributed by atoms with E-state index in [1.165, 1.54) is 0 Å². The summed E-state index contributed by atoms with van der Waals surface area (Å²) in [5.41, 5.74) is 3.73. The van der Waals surface area contributed by atoms with E-state index in [4.69, 9.17) is 9.73 Å². The summed E-state index contributed by atoms with van der Waals surface area (Å²) in [7, 11) is 0. The first-order valence-corrected chi connectivity index (χ1v) is 9.44. The van der Waals surface area contributed by atoms with Crippen LogP contribution in [0.1, 0.15) is 26.3 Å². The number of hydrogen-bond donors (Lipinski definition) is 2. The zero-order valence-corrected chi connectivity index (χ0v) is 15.7. The van der Waals surface area contributed by atoms with Crippen molar-refractivity contribution in [3.8, 4) is 5.75 Å². The van der Waals surface area contributed by atoms with Crippen molar-refractivity contribution in [3.05, 3.63) is 82.3 Å². The van der Waals surface area contributed by atoms with Crippen LogP contribution in [-0.4, -0.2) is 35.5 Å². The van der Waals surface area contributed by atoms with Gasteiger partial charge >= 0.3 is 0 Å². The van der Waals surface area contributed by atoms with Gasteiger partial charge in [-0.15, -0.1) is 0 Å². The molecule has 144 valence electrons. The minimum atomic E-state index is -0.840. The van der Waals surface area contributed by atoms with Crippen molar-refractivity contribution < 1.29 is 19.4 Å². The van der Waals surface area contributed by atoms with E-state index in [0.29, 0.717) is 45.3 Å². The van der Waals surface area contributed by atoms with E-state index in [9.17, 15) is 14.7 Å². The molecule has 0 bridgehead atoms. The van der Waals surface area contributed by atoms with E-state index in [0.717, 1.165) is 5.56 Å².